The zero-order chi connectivity index (χ0) is 14.1. The number of aliphatic hydroxyl groups is 1. The van der Waals surface area contributed by atoms with Crippen LogP contribution in [0.4, 0.5) is 18.9 Å². The molecule has 0 amide bonds. The second-order valence-electron chi connectivity index (χ2n) is 3.29. The predicted octanol–water partition coefficient (Wildman–Crippen LogP) is 1.90. The van der Waals surface area contributed by atoms with Crippen molar-refractivity contribution in [1.29, 1.82) is 0 Å². The maximum Gasteiger partial charge on any atom is 0.418 e. The fourth-order valence-corrected chi connectivity index (χ4v) is 1.26. The van der Waals surface area contributed by atoms with Crippen LogP contribution in [0.2, 0.25) is 0 Å². The van der Waals surface area contributed by atoms with E-state index >= 15 is 0 Å². The first-order valence-electron chi connectivity index (χ1n) is 4.48. The summed E-state index contributed by atoms with van der Waals surface area (Å²) >= 11 is 0. The van der Waals surface area contributed by atoms with Gasteiger partial charge in [-0.15, -0.1) is 0 Å². The van der Waals surface area contributed by atoms with Gasteiger partial charge < -0.3 is 14.9 Å². The largest absolute Gasteiger partial charge is 0.500 e. The highest BCUT2D eigenvalue weighted by Gasteiger charge is 2.40. The molecule has 0 fully saturated rings. The maximum absolute atomic E-state index is 12.3. The van der Waals surface area contributed by atoms with Gasteiger partial charge in [0.1, 0.15) is 0 Å². The standard InChI is InChI=1S/C9H8F3NO5/c1-18-6-3-4(8(15)9(10,11)12)2-5(7(6)14)13(16)17/h2-3,8,14-15H,1H3/t8-/m1/s1. The molecule has 0 aliphatic rings. The summed E-state index contributed by atoms with van der Waals surface area (Å²) in [5.74, 6) is -1.43. The zero-order valence-electron chi connectivity index (χ0n) is 8.93. The number of methoxy groups -OCH3 is 1. The number of phenols is 1. The molecule has 9 heteroatoms. The molecule has 0 heterocycles. The van der Waals surface area contributed by atoms with Crippen LogP contribution in [0.5, 0.6) is 11.5 Å². The van der Waals surface area contributed by atoms with Crippen LogP contribution in [-0.2, 0) is 0 Å². The van der Waals surface area contributed by atoms with Gasteiger partial charge in [0.25, 0.3) is 0 Å². The van der Waals surface area contributed by atoms with Crippen LogP contribution in [0.25, 0.3) is 0 Å². The normalized spacial score (nSPS) is 13.2. The first-order valence-corrected chi connectivity index (χ1v) is 4.48. The van der Waals surface area contributed by atoms with Crippen molar-refractivity contribution in [3.05, 3.63) is 27.8 Å². The molecule has 1 aromatic carbocycles. The lowest BCUT2D eigenvalue weighted by Crippen LogP contribution is -2.20. The summed E-state index contributed by atoms with van der Waals surface area (Å²) in [6.07, 6.45) is -7.87. The average Bonchev–Trinajstić information content (AvgIpc) is 2.26. The highest BCUT2D eigenvalue weighted by atomic mass is 19.4. The summed E-state index contributed by atoms with van der Waals surface area (Å²) in [6, 6.07) is 1.12. The number of halogens is 3. The number of nitrogens with zero attached hydrogens (tertiary/aromatic N) is 1. The van der Waals surface area contributed by atoms with Crippen LogP contribution in [-0.4, -0.2) is 28.4 Å². The van der Waals surface area contributed by atoms with Crippen LogP contribution < -0.4 is 4.74 Å². The van der Waals surface area contributed by atoms with E-state index in [9.17, 15) is 28.4 Å². The Hall–Kier alpha value is -2.03. The minimum absolute atomic E-state index is 0.440. The molecule has 0 aliphatic heterocycles. The van der Waals surface area contributed by atoms with E-state index in [2.05, 4.69) is 4.74 Å². The molecule has 1 atom stereocenters. The predicted molar refractivity (Wildman–Crippen MR) is 52.3 cm³/mol. The fraction of sp³-hybridized carbons (Fsp3) is 0.333. The number of nitro benzene ring substituents is 1. The van der Waals surface area contributed by atoms with Crippen molar-refractivity contribution in [3.63, 3.8) is 0 Å². The summed E-state index contributed by atoms with van der Waals surface area (Å²) in [4.78, 5) is 9.46. The molecule has 0 saturated heterocycles. The Balaban J connectivity index is 3.39. The summed E-state index contributed by atoms with van der Waals surface area (Å²) in [5.41, 5.74) is -1.77. The lowest BCUT2D eigenvalue weighted by molar-refractivity contribution is -0.386. The van der Waals surface area contributed by atoms with E-state index in [1.54, 1.807) is 0 Å². The van der Waals surface area contributed by atoms with Gasteiger partial charge in [-0.25, -0.2) is 0 Å². The van der Waals surface area contributed by atoms with Gasteiger partial charge in [-0.2, -0.15) is 13.2 Å². The number of hydrogen-bond donors (Lipinski definition) is 2. The van der Waals surface area contributed by atoms with Crippen molar-refractivity contribution in [1.82, 2.24) is 0 Å². The number of phenolic OH excluding ortho intramolecular Hbond substituents is 1. The number of ether oxygens (including phenoxy) is 1. The van der Waals surface area contributed by atoms with Gasteiger partial charge in [-0.3, -0.25) is 10.1 Å². The Morgan fingerprint density at radius 3 is 2.39 bits per heavy atom. The van der Waals surface area contributed by atoms with Gasteiger partial charge in [0.15, 0.2) is 11.9 Å². The van der Waals surface area contributed by atoms with E-state index < -0.39 is 40.0 Å². The third kappa shape index (κ3) is 2.62. The van der Waals surface area contributed by atoms with Crippen molar-refractivity contribution in [3.8, 4) is 11.5 Å². The van der Waals surface area contributed by atoms with E-state index in [1.807, 2.05) is 0 Å². The summed E-state index contributed by atoms with van der Waals surface area (Å²) in [5, 5.41) is 28.9. The number of nitro groups is 1. The SMILES string of the molecule is COc1cc([C@@H](O)C(F)(F)F)cc([N+](=O)[O-])c1O. The molecule has 18 heavy (non-hydrogen) atoms. The summed E-state index contributed by atoms with van der Waals surface area (Å²) in [6.45, 7) is 0. The lowest BCUT2D eigenvalue weighted by atomic mass is 10.1. The Kier molecular flexibility index (Phi) is 3.65. The van der Waals surface area contributed by atoms with Crippen molar-refractivity contribution < 1.29 is 33.0 Å². The molecule has 1 rings (SSSR count). The van der Waals surface area contributed by atoms with Crippen LogP contribution in [0.1, 0.15) is 11.7 Å². The Morgan fingerprint density at radius 1 is 1.44 bits per heavy atom. The monoisotopic (exact) mass is 267 g/mol. The number of aromatic hydroxyl groups is 1. The molecule has 100 valence electrons. The topological polar surface area (TPSA) is 92.8 Å². The van der Waals surface area contributed by atoms with Gasteiger partial charge in [-0.1, -0.05) is 0 Å². The number of alkyl halides is 3. The van der Waals surface area contributed by atoms with E-state index in [0.29, 0.717) is 12.1 Å². The van der Waals surface area contributed by atoms with Crippen LogP contribution in [0.3, 0.4) is 0 Å². The van der Waals surface area contributed by atoms with Gasteiger partial charge in [0.2, 0.25) is 5.75 Å². The minimum Gasteiger partial charge on any atom is -0.500 e. The highest BCUT2D eigenvalue weighted by molar-refractivity contribution is 5.57. The molecule has 0 bridgehead atoms. The third-order valence-electron chi connectivity index (χ3n) is 2.12. The van der Waals surface area contributed by atoms with Crippen molar-refractivity contribution in [2.24, 2.45) is 0 Å². The Labute approximate surface area is 98.4 Å². The Bertz CT molecular complexity index is 474. The number of aliphatic hydroxyl groups excluding tert-OH is 1. The molecule has 0 aliphatic carbocycles. The molecule has 6 nitrogen and oxygen atoms in total. The molecule has 2 N–H and O–H groups in total. The second kappa shape index (κ2) is 4.69. The van der Waals surface area contributed by atoms with Gasteiger partial charge in [0, 0.05) is 11.6 Å². The van der Waals surface area contributed by atoms with Crippen molar-refractivity contribution in [2.45, 2.75) is 12.3 Å². The maximum atomic E-state index is 12.3. The molecule has 0 unspecified atom stereocenters. The van der Waals surface area contributed by atoms with Crippen LogP contribution in [0.15, 0.2) is 12.1 Å². The second-order valence-corrected chi connectivity index (χ2v) is 3.29. The molecular formula is C9H8F3NO5. The Morgan fingerprint density at radius 2 is 2.00 bits per heavy atom. The average molecular weight is 267 g/mol. The summed E-state index contributed by atoms with van der Waals surface area (Å²) < 4.78 is 41.3. The number of benzene rings is 1. The van der Waals surface area contributed by atoms with E-state index in [0.717, 1.165) is 7.11 Å². The van der Waals surface area contributed by atoms with Crippen molar-refractivity contribution >= 4 is 5.69 Å². The number of rotatable bonds is 3. The van der Waals surface area contributed by atoms with Crippen LogP contribution >= 0.6 is 0 Å². The van der Waals surface area contributed by atoms with Gasteiger partial charge >= 0.3 is 11.9 Å². The summed E-state index contributed by atoms with van der Waals surface area (Å²) in [7, 11) is 1.02. The highest BCUT2D eigenvalue weighted by Crippen LogP contribution is 2.41. The lowest BCUT2D eigenvalue weighted by Gasteiger charge is -2.15. The molecule has 0 spiro atoms. The zero-order valence-corrected chi connectivity index (χ0v) is 8.93. The molecule has 0 radical (unpaired) electrons. The first kappa shape index (κ1) is 14.0. The number of hydrogen-bond acceptors (Lipinski definition) is 5. The smallest absolute Gasteiger partial charge is 0.418 e. The fourth-order valence-electron chi connectivity index (χ4n) is 1.26. The minimum atomic E-state index is -4.98. The molecule has 0 aromatic heterocycles. The molecular weight excluding hydrogens is 259 g/mol. The molecule has 0 saturated carbocycles. The van der Waals surface area contributed by atoms with Gasteiger partial charge in [-0.05, 0) is 6.07 Å². The third-order valence-corrected chi connectivity index (χ3v) is 2.12. The van der Waals surface area contributed by atoms with Crippen LogP contribution in [0, 0.1) is 10.1 Å². The first-order chi connectivity index (χ1) is 8.18. The van der Waals surface area contributed by atoms with Gasteiger partial charge in [0.05, 0.1) is 12.0 Å². The van der Waals surface area contributed by atoms with E-state index in [4.69, 9.17) is 5.11 Å². The quantitative estimate of drug-likeness (QED) is 0.644. The van der Waals surface area contributed by atoms with E-state index in [1.165, 1.54) is 0 Å². The van der Waals surface area contributed by atoms with E-state index in [-0.39, 0.29) is 0 Å². The molecule has 1 aromatic rings. The van der Waals surface area contributed by atoms with Crippen molar-refractivity contribution in [2.75, 3.05) is 7.11 Å².